The summed E-state index contributed by atoms with van der Waals surface area (Å²) in [6.45, 7) is 1.03. The molecule has 1 aromatic heterocycles. The van der Waals surface area contributed by atoms with Gasteiger partial charge < -0.3 is 4.90 Å². The SMILES string of the molecule is O=C(c1ccccc1F)N1CCCC(c2ncc(-c3ccc(F)c(F)c3)s2)C1. The van der Waals surface area contributed by atoms with Crippen molar-refractivity contribution in [3.63, 3.8) is 0 Å². The first kappa shape index (κ1) is 18.7. The molecule has 0 aliphatic carbocycles. The molecule has 2 aromatic carbocycles. The van der Waals surface area contributed by atoms with Crippen LogP contribution in [0.25, 0.3) is 10.4 Å². The molecule has 1 saturated heterocycles. The van der Waals surface area contributed by atoms with Crippen LogP contribution in [0.5, 0.6) is 0 Å². The summed E-state index contributed by atoms with van der Waals surface area (Å²) >= 11 is 1.41. The molecule has 0 spiro atoms. The summed E-state index contributed by atoms with van der Waals surface area (Å²) in [6, 6.07) is 9.74. The smallest absolute Gasteiger partial charge is 0.256 e. The van der Waals surface area contributed by atoms with Crippen molar-refractivity contribution >= 4 is 17.2 Å². The van der Waals surface area contributed by atoms with E-state index in [9.17, 15) is 18.0 Å². The molecule has 0 radical (unpaired) electrons. The normalized spacial score (nSPS) is 17.0. The number of nitrogens with zero attached hydrogens (tertiary/aromatic N) is 2. The van der Waals surface area contributed by atoms with E-state index in [0.29, 0.717) is 18.7 Å². The highest BCUT2D eigenvalue weighted by Crippen LogP contribution is 2.35. The maximum atomic E-state index is 14.0. The number of amides is 1. The van der Waals surface area contributed by atoms with Crippen molar-refractivity contribution in [1.82, 2.24) is 9.88 Å². The van der Waals surface area contributed by atoms with E-state index < -0.39 is 17.5 Å². The van der Waals surface area contributed by atoms with Crippen molar-refractivity contribution < 1.29 is 18.0 Å². The molecule has 3 aromatic rings. The lowest BCUT2D eigenvalue weighted by Crippen LogP contribution is -2.39. The summed E-state index contributed by atoms with van der Waals surface area (Å²) < 4.78 is 40.6. The number of piperidine rings is 1. The van der Waals surface area contributed by atoms with Crippen LogP contribution < -0.4 is 0 Å². The standard InChI is InChI=1S/C21H17F3N2OS/c22-16-6-2-1-5-15(16)21(27)26-9-3-4-14(12-26)20-25-11-19(28-20)13-7-8-17(23)18(24)10-13/h1-2,5-8,10-11,14H,3-4,9,12H2. The van der Waals surface area contributed by atoms with Gasteiger partial charge in [0, 0.05) is 25.2 Å². The predicted octanol–water partition coefficient (Wildman–Crippen LogP) is 5.25. The van der Waals surface area contributed by atoms with Gasteiger partial charge in [-0.25, -0.2) is 18.2 Å². The number of benzene rings is 2. The Hall–Kier alpha value is -2.67. The van der Waals surface area contributed by atoms with Gasteiger partial charge in [-0.15, -0.1) is 11.3 Å². The average molecular weight is 402 g/mol. The molecule has 1 unspecified atom stereocenters. The van der Waals surface area contributed by atoms with Gasteiger partial charge in [0.15, 0.2) is 11.6 Å². The second-order valence-corrected chi connectivity index (χ2v) is 7.82. The molecule has 1 amide bonds. The largest absolute Gasteiger partial charge is 0.338 e. The van der Waals surface area contributed by atoms with E-state index in [-0.39, 0.29) is 17.4 Å². The van der Waals surface area contributed by atoms with Crippen molar-refractivity contribution in [1.29, 1.82) is 0 Å². The van der Waals surface area contributed by atoms with Crippen LogP contribution in [0.4, 0.5) is 13.2 Å². The fourth-order valence-corrected chi connectivity index (χ4v) is 4.47. The molecular formula is C21H17F3N2OS. The summed E-state index contributed by atoms with van der Waals surface area (Å²) in [6.07, 6.45) is 3.31. The minimum atomic E-state index is -0.897. The van der Waals surface area contributed by atoms with Crippen LogP contribution in [0, 0.1) is 17.5 Å². The molecule has 2 heterocycles. The molecule has 0 saturated carbocycles. The highest BCUT2D eigenvalue weighted by atomic mass is 32.1. The zero-order valence-electron chi connectivity index (χ0n) is 14.9. The highest BCUT2D eigenvalue weighted by Gasteiger charge is 2.28. The summed E-state index contributed by atoms with van der Waals surface area (Å²) in [5, 5.41) is 0.839. The van der Waals surface area contributed by atoms with Crippen molar-refractivity contribution in [2.24, 2.45) is 0 Å². The van der Waals surface area contributed by atoms with E-state index in [1.165, 1.54) is 29.5 Å². The molecule has 28 heavy (non-hydrogen) atoms. The number of likely N-dealkylation sites (tertiary alicyclic amines) is 1. The van der Waals surface area contributed by atoms with Crippen molar-refractivity contribution in [3.8, 4) is 10.4 Å². The molecule has 144 valence electrons. The van der Waals surface area contributed by atoms with Gasteiger partial charge in [0.05, 0.1) is 15.4 Å². The molecule has 1 atom stereocenters. The minimum Gasteiger partial charge on any atom is -0.338 e. The fraction of sp³-hybridized carbons (Fsp3) is 0.238. The summed E-state index contributed by atoms with van der Waals surface area (Å²) in [5.41, 5.74) is 0.641. The Morgan fingerprint density at radius 3 is 2.68 bits per heavy atom. The highest BCUT2D eigenvalue weighted by molar-refractivity contribution is 7.15. The van der Waals surface area contributed by atoms with Crippen LogP contribution in [0.2, 0.25) is 0 Å². The lowest BCUT2D eigenvalue weighted by Gasteiger charge is -2.32. The number of hydrogen-bond donors (Lipinski definition) is 0. The number of aromatic nitrogens is 1. The Bertz CT molecular complexity index is 1020. The first-order chi connectivity index (χ1) is 13.5. The van der Waals surface area contributed by atoms with E-state index in [0.717, 1.165) is 34.9 Å². The van der Waals surface area contributed by atoms with E-state index in [4.69, 9.17) is 0 Å². The van der Waals surface area contributed by atoms with Crippen LogP contribution in [0.15, 0.2) is 48.7 Å². The number of hydrogen-bond acceptors (Lipinski definition) is 3. The summed E-state index contributed by atoms with van der Waals surface area (Å²) in [5.74, 6) is -2.59. The van der Waals surface area contributed by atoms with Gasteiger partial charge in [0.2, 0.25) is 0 Å². The number of rotatable bonds is 3. The Balaban J connectivity index is 1.52. The Morgan fingerprint density at radius 1 is 1.07 bits per heavy atom. The number of carbonyl (C=O) groups excluding carboxylic acids is 1. The Kier molecular flexibility index (Phi) is 5.17. The van der Waals surface area contributed by atoms with Gasteiger partial charge in [0.1, 0.15) is 5.82 Å². The topological polar surface area (TPSA) is 33.2 Å². The third-order valence-corrected chi connectivity index (χ3v) is 6.10. The molecule has 1 aliphatic rings. The quantitative estimate of drug-likeness (QED) is 0.600. The zero-order chi connectivity index (χ0) is 19.7. The third-order valence-electron chi connectivity index (χ3n) is 4.89. The fourth-order valence-electron chi connectivity index (χ4n) is 3.43. The lowest BCUT2D eigenvalue weighted by molar-refractivity contribution is 0.0702. The van der Waals surface area contributed by atoms with Crippen LogP contribution >= 0.6 is 11.3 Å². The van der Waals surface area contributed by atoms with Crippen LogP contribution in [-0.2, 0) is 0 Å². The monoisotopic (exact) mass is 402 g/mol. The molecule has 4 rings (SSSR count). The van der Waals surface area contributed by atoms with Crippen molar-refractivity contribution in [2.45, 2.75) is 18.8 Å². The molecule has 1 aliphatic heterocycles. The van der Waals surface area contributed by atoms with Crippen LogP contribution in [-0.4, -0.2) is 28.9 Å². The van der Waals surface area contributed by atoms with E-state index >= 15 is 0 Å². The molecule has 3 nitrogen and oxygen atoms in total. The first-order valence-corrected chi connectivity index (χ1v) is 9.79. The average Bonchev–Trinajstić information content (AvgIpc) is 3.20. The lowest BCUT2D eigenvalue weighted by atomic mass is 9.98. The van der Waals surface area contributed by atoms with E-state index in [1.807, 2.05) is 0 Å². The van der Waals surface area contributed by atoms with Gasteiger partial charge in [-0.2, -0.15) is 0 Å². The van der Waals surface area contributed by atoms with Gasteiger partial charge in [-0.3, -0.25) is 4.79 Å². The van der Waals surface area contributed by atoms with Crippen LogP contribution in [0.1, 0.15) is 34.1 Å². The van der Waals surface area contributed by atoms with E-state index in [2.05, 4.69) is 4.98 Å². The minimum absolute atomic E-state index is 0.0357. The Morgan fingerprint density at radius 2 is 1.89 bits per heavy atom. The summed E-state index contributed by atoms with van der Waals surface area (Å²) in [4.78, 5) is 19.5. The molecule has 0 N–H and O–H groups in total. The van der Waals surface area contributed by atoms with Crippen molar-refractivity contribution in [3.05, 3.63) is 76.7 Å². The van der Waals surface area contributed by atoms with Crippen LogP contribution in [0.3, 0.4) is 0 Å². The van der Waals surface area contributed by atoms with Crippen molar-refractivity contribution in [2.75, 3.05) is 13.1 Å². The maximum absolute atomic E-state index is 14.0. The first-order valence-electron chi connectivity index (χ1n) is 8.98. The Labute approximate surface area is 164 Å². The molecule has 0 bridgehead atoms. The predicted molar refractivity (Wildman–Crippen MR) is 102 cm³/mol. The van der Waals surface area contributed by atoms with Gasteiger partial charge in [-0.1, -0.05) is 18.2 Å². The second kappa shape index (κ2) is 7.75. The maximum Gasteiger partial charge on any atom is 0.256 e. The molecule has 7 heteroatoms. The van der Waals surface area contributed by atoms with E-state index in [1.54, 1.807) is 23.2 Å². The van der Waals surface area contributed by atoms with Gasteiger partial charge >= 0.3 is 0 Å². The number of halogens is 3. The number of thiazole rings is 1. The summed E-state index contributed by atoms with van der Waals surface area (Å²) in [7, 11) is 0. The van der Waals surface area contributed by atoms with Gasteiger partial charge in [0.25, 0.3) is 5.91 Å². The van der Waals surface area contributed by atoms with Gasteiger partial charge in [-0.05, 0) is 42.7 Å². The molecule has 1 fully saturated rings. The third kappa shape index (κ3) is 3.67. The zero-order valence-corrected chi connectivity index (χ0v) is 15.7. The molecular weight excluding hydrogens is 385 g/mol. The number of carbonyl (C=O) groups is 1. The second-order valence-electron chi connectivity index (χ2n) is 6.76.